The molecule has 2 aromatic rings. The molecule has 2 fully saturated rings. The maximum atomic E-state index is 11.6. The molecule has 3 aliphatic rings. The number of rotatable bonds is 1. The number of carbonyl (C=O) groups excluding carboxylic acids is 1. The molecule has 0 radical (unpaired) electrons. The lowest BCUT2D eigenvalue weighted by Gasteiger charge is -2.27. The first kappa shape index (κ1) is 14.2. The van der Waals surface area contributed by atoms with Gasteiger partial charge in [0.25, 0.3) is 0 Å². The van der Waals surface area contributed by atoms with E-state index in [4.69, 9.17) is 14.2 Å². The average molecular weight is 322 g/mol. The molecule has 3 aliphatic heterocycles. The van der Waals surface area contributed by atoms with Crippen LogP contribution >= 0.6 is 0 Å². The highest BCUT2D eigenvalue weighted by molar-refractivity contribution is 5.73. The molecule has 5 atom stereocenters. The predicted octanol–water partition coefficient (Wildman–Crippen LogP) is 2.80. The van der Waals surface area contributed by atoms with Crippen LogP contribution in [0.4, 0.5) is 0 Å². The van der Waals surface area contributed by atoms with Gasteiger partial charge in [0.1, 0.15) is 12.2 Å². The summed E-state index contributed by atoms with van der Waals surface area (Å²) >= 11 is 0. The third-order valence-electron chi connectivity index (χ3n) is 5.29. The van der Waals surface area contributed by atoms with E-state index in [9.17, 15) is 4.79 Å². The molecule has 0 bridgehead atoms. The fourth-order valence-corrected chi connectivity index (χ4v) is 4.25. The van der Waals surface area contributed by atoms with Gasteiger partial charge in [-0.3, -0.25) is 4.79 Å². The Bertz CT molecular complexity index is 772. The molecule has 2 saturated heterocycles. The molecule has 0 amide bonds. The van der Waals surface area contributed by atoms with E-state index in [1.54, 1.807) is 0 Å². The zero-order valence-electron chi connectivity index (χ0n) is 13.1. The Kier molecular flexibility index (Phi) is 3.21. The van der Waals surface area contributed by atoms with E-state index in [0.29, 0.717) is 13.0 Å². The van der Waals surface area contributed by atoms with Gasteiger partial charge in [-0.15, -0.1) is 0 Å². The highest BCUT2D eigenvalue weighted by atomic mass is 16.6. The minimum atomic E-state index is -0.289. The van der Waals surface area contributed by atoms with Crippen LogP contribution in [0.1, 0.15) is 29.0 Å². The van der Waals surface area contributed by atoms with Crippen molar-refractivity contribution in [3.63, 3.8) is 0 Å². The number of benzene rings is 2. The molecule has 122 valence electrons. The summed E-state index contributed by atoms with van der Waals surface area (Å²) in [6.07, 6.45) is -0.519. The molecule has 4 nitrogen and oxygen atoms in total. The normalized spacial score (nSPS) is 34.0. The summed E-state index contributed by atoms with van der Waals surface area (Å²) in [7, 11) is 0. The van der Waals surface area contributed by atoms with Gasteiger partial charge in [-0.1, -0.05) is 54.6 Å². The van der Waals surface area contributed by atoms with Crippen molar-refractivity contribution in [3.05, 3.63) is 71.3 Å². The van der Waals surface area contributed by atoms with Crippen molar-refractivity contribution in [2.24, 2.45) is 0 Å². The van der Waals surface area contributed by atoms with Gasteiger partial charge in [0.05, 0.1) is 19.1 Å². The topological polar surface area (TPSA) is 44.8 Å². The first-order chi connectivity index (χ1) is 11.8. The zero-order chi connectivity index (χ0) is 16.1. The quantitative estimate of drug-likeness (QED) is 0.757. The van der Waals surface area contributed by atoms with Crippen molar-refractivity contribution < 1.29 is 19.0 Å². The van der Waals surface area contributed by atoms with Crippen molar-refractivity contribution in [2.75, 3.05) is 0 Å². The van der Waals surface area contributed by atoms with Crippen LogP contribution in [0.15, 0.2) is 54.6 Å². The number of ether oxygens (including phenoxy) is 3. The van der Waals surface area contributed by atoms with E-state index in [1.165, 1.54) is 16.7 Å². The highest BCUT2D eigenvalue weighted by Crippen LogP contribution is 2.45. The van der Waals surface area contributed by atoms with Gasteiger partial charge in [0.15, 0.2) is 6.10 Å². The van der Waals surface area contributed by atoms with Crippen LogP contribution in [0, 0.1) is 0 Å². The summed E-state index contributed by atoms with van der Waals surface area (Å²) in [5.41, 5.74) is 3.62. The number of hydrogen-bond donors (Lipinski definition) is 0. The maximum absolute atomic E-state index is 11.6. The Morgan fingerprint density at radius 3 is 2.54 bits per heavy atom. The molecule has 24 heavy (non-hydrogen) atoms. The number of carbonyl (C=O) groups is 1. The largest absolute Gasteiger partial charge is 0.457 e. The van der Waals surface area contributed by atoms with Crippen molar-refractivity contribution in [2.45, 2.75) is 43.4 Å². The SMILES string of the molecule is O=C1C[C@@H]2O[C@H]3[C@H](c4ccccc4)c4ccccc4CO[C@H]3[C@@H]2O1. The van der Waals surface area contributed by atoms with E-state index in [1.807, 2.05) is 12.1 Å². The van der Waals surface area contributed by atoms with E-state index in [0.717, 1.165) is 0 Å². The van der Waals surface area contributed by atoms with Crippen LogP contribution < -0.4 is 0 Å². The van der Waals surface area contributed by atoms with Crippen molar-refractivity contribution in [1.82, 2.24) is 0 Å². The lowest BCUT2D eigenvalue weighted by molar-refractivity contribution is -0.148. The third kappa shape index (κ3) is 2.10. The van der Waals surface area contributed by atoms with E-state index < -0.39 is 0 Å². The minimum Gasteiger partial charge on any atom is -0.457 e. The first-order valence-corrected chi connectivity index (χ1v) is 8.40. The van der Waals surface area contributed by atoms with Gasteiger partial charge in [0.2, 0.25) is 0 Å². The summed E-state index contributed by atoms with van der Waals surface area (Å²) < 4.78 is 18.0. The van der Waals surface area contributed by atoms with Crippen LogP contribution in [0.3, 0.4) is 0 Å². The third-order valence-corrected chi connectivity index (χ3v) is 5.29. The fourth-order valence-electron chi connectivity index (χ4n) is 4.25. The van der Waals surface area contributed by atoms with Gasteiger partial charge < -0.3 is 14.2 Å². The van der Waals surface area contributed by atoms with Crippen LogP contribution in [0.25, 0.3) is 0 Å². The van der Waals surface area contributed by atoms with E-state index in [2.05, 4.69) is 42.5 Å². The first-order valence-electron chi connectivity index (χ1n) is 8.40. The molecular weight excluding hydrogens is 304 g/mol. The van der Waals surface area contributed by atoms with Crippen LogP contribution in [-0.4, -0.2) is 30.4 Å². The summed E-state index contributed by atoms with van der Waals surface area (Å²) in [6.45, 7) is 0.519. The van der Waals surface area contributed by atoms with Crippen LogP contribution in [-0.2, 0) is 25.6 Å². The molecule has 3 heterocycles. The van der Waals surface area contributed by atoms with Crippen LogP contribution in [0.2, 0.25) is 0 Å². The average Bonchev–Trinajstić information content (AvgIpc) is 3.06. The number of hydrogen-bond acceptors (Lipinski definition) is 4. The standard InChI is InChI=1S/C20H18O4/c21-16-10-15-18(24-16)20-19(23-15)17(12-6-2-1-3-7-12)14-9-5-4-8-13(14)11-22-20/h1-9,15,17-20H,10-11H2/t15-,17+,18+,19-,20-/m0/s1. The second kappa shape index (κ2) is 5.43. The fraction of sp³-hybridized carbons (Fsp3) is 0.350. The molecule has 0 aromatic heterocycles. The Hall–Kier alpha value is -2.17. The lowest BCUT2D eigenvalue weighted by Crippen LogP contribution is -2.36. The Morgan fingerprint density at radius 1 is 0.875 bits per heavy atom. The summed E-state index contributed by atoms with van der Waals surface area (Å²) in [6, 6.07) is 18.7. The van der Waals surface area contributed by atoms with Gasteiger partial charge >= 0.3 is 5.97 Å². The second-order valence-electron chi connectivity index (χ2n) is 6.66. The van der Waals surface area contributed by atoms with Crippen molar-refractivity contribution in [1.29, 1.82) is 0 Å². The smallest absolute Gasteiger partial charge is 0.309 e. The monoisotopic (exact) mass is 322 g/mol. The van der Waals surface area contributed by atoms with Gasteiger partial charge in [0, 0.05) is 5.92 Å². The van der Waals surface area contributed by atoms with Gasteiger partial charge in [-0.2, -0.15) is 0 Å². The summed E-state index contributed by atoms with van der Waals surface area (Å²) in [4.78, 5) is 11.6. The molecule has 5 rings (SSSR count). The molecule has 0 saturated carbocycles. The van der Waals surface area contributed by atoms with E-state index >= 15 is 0 Å². The molecule has 4 heteroatoms. The van der Waals surface area contributed by atoms with Crippen molar-refractivity contribution >= 4 is 5.97 Å². The molecule has 2 aromatic carbocycles. The van der Waals surface area contributed by atoms with Gasteiger partial charge in [-0.05, 0) is 16.7 Å². The lowest BCUT2D eigenvalue weighted by atomic mass is 9.83. The highest BCUT2D eigenvalue weighted by Gasteiger charge is 2.55. The molecule has 0 N–H and O–H groups in total. The second-order valence-corrected chi connectivity index (χ2v) is 6.66. The predicted molar refractivity (Wildman–Crippen MR) is 86.5 cm³/mol. The molecule has 0 aliphatic carbocycles. The Balaban J connectivity index is 1.62. The Labute approximate surface area is 140 Å². The van der Waals surface area contributed by atoms with Gasteiger partial charge in [-0.25, -0.2) is 0 Å². The summed E-state index contributed by atoms with van der Waals surface area (Å²) in [5.74, 6) is -0.107. The number of esters is 1. The van der Waals surface area contributed by atoms with Crippen LogP contribution in [0.5, 0.6) is 0 Å². The molecule has 0 spiro atoms. The van der Waals surface area contributed by atoms with E-state index in [-0.39, 0.29) is 36.3 Å². The Morgan fingerprint density at radius 2 is 1.67 bits per heavy atom. The molecular formula is C20H18O4. The van der Waals surface area contributed by atoms with Crippen molar-refractivity contribution in [3.8, 4) is 0 Å². The summed E-state index contributed by atoms with van der Waals surface area (Å²) in [5, 5.41) is 0. The minimum absolute atomic E-state index is 0.0826. The zero-order valence-corrected chi connectivity index (χ0v) is 13.1. The molecule has 0 unspecified atom stereocenters. The number of fused-ring (bicyclic) bond motifs is 4. The maximum Gasteiger partial charge on any atom is 0.309 e.